The molecule has 3 aliphatic rings. The molecular formula is C17H28O4. The quantitative estimate of drug-likeness (QED) is 0.481. The molecule has 0 amide bonds. The Hall–Kier alpha value is -0.420. The SMILES string of the molecule is C=C[C@]1([C@H](OC)OCC)C[C@@H]2C3OC3C[C@@H](C)[C@]2(C)[C@H]1O. The van der Waals surface area contributed by atoms with Gasteiger partial charge in [-0.3, -0.25) is 0 Å². The summed E-state index contributed by atoms with van der Waals surface area (Å²) in [5.74, 6) is 0.763. The van der Waals surface area contributed by atoms with Crippen molar-refractivity contribution >= 4 is 0 Å². The van der Waals surface area contributed by atoms with Crippen molar-refractivity contribution in [2.24, 2.45) is 22.7 Å². The maximum absolute atomic E-state index is 11.2. The zero-order valence-corrected chi connectivity index (χ0v) is 13.5. The molecule has 120 valence electrons. The molecule has 0 aromatic carbocycles. The van der Waals surface area contributed by atoms with Crippen LogP contribution in [-0.4, -0.2) is 43.4 Å². The number of aliphatic hydroxyl groups is 1. The Morgan fingerprint density at radius 2 is 2.24 bits per heavy atom. The monoisotopic (exact) mass is 296 g/mol. The zero-order chi connectivity index (χ0) is 15.4. The highest BCUT2D eigenvalue weighted by Gasteiger charge is 2.71. The summed E-state index contributed by atoms with van der Waals surface area (Å²) in [4.78, 5) is 0. The molecule has 0 spiro atoms. The van der Waals surface area contributed by atoms with E-state index in [1.165, 1.54) is 0 Å². The van der Waals surface area contributed by atoms with Crippen LogP contribution < -0.4 is 0 Å². The van der Waals surface area contributed by atoms with Gasteiger partial charge in [-0.05, 0) is 31.6 Å². The second kappa shape index (κ2) is 5.05. The first kappa shape index (κ1) is 15.5. The van der Waals surface area contributed by atoms with E-state index >= 15 is 0 Å². The first-order chi connectivity index (χ1) is 9.95. The van der Waals surface area contributed by atoms with Gasteiger partial charge in [-0.25, -0.2) is 0 Å². The van der Waals surface area contributed by atoms with Crippen LogP contribution in [0.5, 0.6) is 0 Å². The number of ether oxygens (including phenoxy) is 3. The molecule has 21 heavy (non-hydrogen) atoms. The number of hydrogen-bond donors (Lipinski definition) is 1. The summed E-state index contributed by atoms with van der Waals surface area (Å²) in [5.41, 5.74) is -0.723. The predicted molar refractivity (Wildman–Crippen MR) is 79.7 cm³/mol. The van der Waals surface area contributed by atoms with Gasteiger partial charge in [-0.1, -0.05) is 19.9 Å². The fourth-order valence-corrected chi connectivity index (χ4v) is 5.01. The van der Waals surface area contributed by atoms with Gasteiger partial charge in [0.05, 0.1) is 23.7 Å². The smallest absolute Gasteiger partial charge is 0.168 e. The van der Waals surface area contributed by atoms with E-state index in [4.69, 9.17) is 14.2 Å². The molecule has 3 rings (SSSR count). The standard InChI is InChI=1S/C17H28O4/c1-6-17(15(19-5)20-7-2)9-11-13-12(21-13)8-10(3)16(11,4)14(17)18/h6,10-15,18H,1,7-9H2,2-5H3/t10-,11-,12?,13?,14-,15-,16+,17+/m1/s1. The summed E-state index contributed by atoms with van der Waals surface area (Å²) < 4.78 is 17.2. The van der Waals surface area contributed by atoms with Gasteiger partial charge < -0.3 is 19.3 Å². The van der Waals surface area contributed by atoms with E-state index in [0.29, 0.717) is 30.7 Å². The third-order valence-electron chi connectivity index (χ3n) is 6.49. The third kappa shape index (κ3) is 1.89. The Bertz CT molecular complexity index is 425. The molecule has 1 heterocycles. The Morgan fingerprint density at radius 1 is 1.52 bits per heavy atom. The molecule has 8 atom stereocenters. The molecule has 3 fully saturated rings. The van der Waals surface area contributed by atoms with Crippen molar-refractivity contribution in [1.82, 2.24) is 0 Å². The lowest BCUT2D eigenvalue weighted by molar-refractivity contribution is -0.206. The van der Waals surface area contributed by atoms with Crippen LogP contribution in [0.4, 0.5) is 0 Å². The van der Waals surface area contributed by atoms with Crippen LogP contribution in [-0.2, 0) is 14.2 Å². The van der Waals surface area contributed by atoms with E-state index < -0.39 is 17.8 Å². The number of aliphatic hydroxyl groups excluding tert-OH is 1. The Morgan fingerprint density at radius 3 is 2.81 bits per heavy atom. The van der Waals surface area contributed by atoms with E-state index in [1.807, 2.05) is 13.0 Å². The Balaban J connectivity index is 1.98. The normalized spacial score (nSPS) is 52.9. The summed E-state index contributed by atoms with van der Waals surface area (Å²) in [6.07, 6.45) is 3.41. The molecule has 4 heteroatoms. The zero-order valence-electron chi connectivity index (χ0n) is 13.5. The molecule has 2 saturated carbocycles. The van der Waals surface area contributed by atoms with Crippen LogP contribution in [0.1, 0.15) is 33.6 Å². The van der Waals surface area contributed by atoms with Gasteiger partial charge in [0.2, 0.25) is 0 Å². The lowest BCUT2D eigenvalue weighted by atomic mass is 9.62. The first-order valence-corrected chi connectivity index (χ1v) is 8.07. The Kier molecular flexibility index (Phi) is 3.72. The minimum Gasteiger partial charge on any atom is -0.391 e. The molecule has 0 bridgehead atoms. The summed E-state index contributed by atoms with van der Waals surface area (Å²) in [5, 5.41) is 11.2. The van der Waals surface area contributed by atoms with Crippen molar-refractivity contribution in [1.29, 1.82) is 0 Å². The minimum atomic E-state index is -0.556. The number of methoxy groups -OCH3 is 1. The van der Waals surface area contributed by atoms with Gasteiger partial charge in [0, 0.05) is 19.1 Å². The van der Waals surface area contributed by atoms with E-state index in [0.717, 1.165) is 12.8 Å². The lowest BCUT2D eigenvalue weighted by Crippen LogP contribution is -2.50. The van der Waals surface area contributed by atoms with Crippen LogP contribution >= 0.6 is 0 Å². The Labute approximate surface area is 127 Å². The van der Waals surface area contributed by atoms with E-state index in [1.54, 1.807) is 7.11 Å². The van der Waals surface area contributed by atoms with E-state index in [-0.39, 0.29) is 5.41 Å². The van der Waals surface area contributed by atoms with Crippen LogP contribution in [0.25, 0.3) is 0 Å². The van der Waals surface area contributed by atoms with Crippen molar-refractivity contribution in [2.45, 2.75) is 58.2 Å². The third-order valence-corrected chi connectivity index (χ3v) is 6.49. The second-order valence-corrected chi connectivity index (χ2v) is 7.19. The van der Waals surface area contributed by atoms with Crippen LogP contribution in [0.15, 0.2) is 12.7 Å². The summed E-state index contributed by atoms with van der Waals surface area (Å²) >= 11 is 0. The van der Waals surface area contributed by atoms with Crippen LogP contribution in [0, 0.1) is 22.7 Å². The number of fused-ring (bicyclic) bond motifs is 3. The van der Waals surface area contributed by atoms with Crippen LogP contribution in [0.3, 0.4) is 0 Å². The van der Waals surface area contributed by atoms with E-state index in [2.05, 4.69) is 20.4 Å². The van der Waals surface area contributed by atoms with Gasteiger partial charge in [0.25, 0.3) is 0 Å². The average Bonchev–Trinajstić information content (AvgIpc) is 3.19. The van der Waals surface area contributed by atoms with Gasteiger partial charge in [0.15, 0.2) is 6.29 Å². The van der Waals surface area contributed by atoms with Crippen LogP contribution in [0.2, 0.25) is 0 Å². The van der Waals surface area contributed by atoms with Gasteiger partial charge in [-0.2, -0.15) is 0 Å². The number of hydrogen-bond acceptors (Lipinski definition) is 4. The van der Waals surface area contributed by atoms with Crippen molar-refractivity contribution in [2.75, 3.05) is 13.7 Å². The molecule has 0 radical (unpaired) electrons. The molecule has 0 aromatic rings. The molecule has 0 aromatic heterocycles. The molecule has 2 unspecified atom stereocenters. The average molecular weight is 296 g/mol. The van der Waals surface area contributed by atoms with Gasteiger partial charge in [0.1, 0.15) is 0 Å². The highest BCUT2D eigenvalue weighted by molar-refractivity contribution is 5.22. The molecule has 2 aliphatic carbocycles. The number of epoxide rings is 1. The summed E-state index contributed by atoms with van der Waals surface area (Å²) in [6, 6.07) is 0. The fraction of sp³-hybridized carbons (Fsp3) is 0.882. The van der Waals surface area contributed by atoms with Crippen molar-refractivity contribution in [3.05, 3.63) is 12.7 Å². The number of rotatable bonds is 5. The van der Waals surface area contributed by atoms with Gasteiger partial charge in [-0.15, -0.1) is 6.58 Å². The van der Waals surface area contributed by atoms with Crippen molar-refractivity contribution in [3.8, 4) is 0 Å². The van der Waals surface area contributed by atoms with Crippen molar-refractivity contribution < 1.29 is 19.3 Å². The highest BCUT2D eigenvalue weighted by atomic mass is 16.7. The van der Waals surface area contributed by atoms with Crippen molar-refractivity contribution in [3.63, 3.8) is 0 Å². The minimum absolute atomic E-state index is 0.167. The first-order valence-electron chi connectivity index (χ1n) is 8.07. The van der Waals surface area contributed by atoms with E-state index in [9.17, 15) is 5.11 Å². The summed E-state index contributed by atoms with van der Waals surface area (Å²) in [6.45, 7) is 10.9. The molecule has 1 N–H and O–H groups in total. The molecular weight excluding hydrogens is 268 g/mol. The van der Waals surface area contributed by atoms with Gasteiger partial charge >= 0.3 is 0 Å². The molecule has 1 aliphatic heterocycles. The summed E-state index contributed by atoms with van der Waals surface area (Å²) in [7, 11) is 1.64. The highest BCUT2D eigenvalue weighted by Crippen LogP contribution is 2.66. The lowest BCUT2D eigenvalue weighted by Gasteiger charge is -2.45. The fourth-order valence-electron chi connectivity index (χ4n) is 5.01. The predicted octanol–water partition coefficient (Wildman–Crippen LogP) is 2.36. The largest absolute Gasteiger partial charge is 0.391 e. The topological polar surface area (TPSA) is 51.2 Å². The maximum Gasteiger partial charge on any atom is 0.168 e. The molecule has 4 nitrogen and oxygen atoms in total. The molecule has 1 saturated heterocycles. The maximum atomic E-state index is 11.2. The second-order valence-electron chi connectivity index (χ2n) is 7.19.